The zero-order valence-corrected chi connectivity index (χ0v) is 7.68. The van der Waals surface area contributed by atoms with Crippen molar-refractivity contribution in [2.75, 3.05) is 5.43 Å². The number of aromatic nitrogens is 1. The Labute approximate surface area is 68.2 Å². The molecule has 0 aromatic carbocycles. The highest BCUT2D eigenvalue weighted by Crippen LogP contribution is 2.04. The molecule has 0 saturated heterocycles. The minimum Gasteiger partial charge on any atom is -0.323 e. The third-order valence-corrected chi connectivity index (χ3v) is 1.66. The molecule has 0 radical (unpaired) electrons. The third-order valence-electron chi connectivity index (χ3n) is 1.66. The van der Waals surface area contributed by atoms with Crippen LogP contribution in [0.4, 0.5) is 0 Å². The van der Waals surface area contributed by atoms with Crippen molar-refractivity contribution in [1.29, 1.82) is 0 Å². The monoisotopic (exact) mass is 152 g/mol. The van der Waals surface area contributed by atoms with Gasteiger partial charge in [0.1, 0.15) is 0 Å². The molecule has 62 valence electrons. The smallest absolute Gasteiger partial charge is 0.0368 e. The Hall–Kier alpha value is -0.920. The van der Waals surface area contributed by atoms with Crippen molar-refractivity contribution in [3.05, 3.63) is 23.5 Å². The van der Waals surface area contributed by atoms with E-state index in [1.807, 2.05) is 0 Å². The molecule has 1 aromatic heterocycles. The van der Waals surface area contributed by atoms with E-state index in [9.17, 15) is 0 Å². The van der Waals surface area contributed by atoms with E-state index in [1.54, 1.807) is 0 Å². The average Bonchev–Trinajstić information content (AvgIpc) is 2.18. The molecule has 1 rings (SSSR count). The zero-order valence-electron chi connectivity index (χ0n) is 7.68. The van der Waals surface area contributed by atoms with Crippen LogP contribution in [-0.2, 0) is 0 Å². The van der Waals surface area contributed by atoms with Crippen molar-refractivity contribution >= 4 is 0 Å². The fraction of sp³-hybridized carbons (Fsp3) is 0.556. The van der Waals surface area contributed by atoms with Crippen LogP contribution in [0.25, 0.3) is 0 Å². The highest BCUT2D eigenvalue weighted by molar-refractivity contribution is 5.15. The first-order valence-electron chi connectivity index (χ1n) is 4.02. The lowest BCUT2D eigenvalue weighted by atomic mass is 10.4. The SMILES string of the molecule is Cc1ccc(C)n1NC(C)C. The maximum Gasteiger partial charge on any atom is 0.0368 e. The Balaban J connectivity index is 2.83. The maximum absolute atomic E-state index is 3.34. The second-order valence-corrected chi connectivity index (χ2v) is 3.24. The molecule has 0 amide bonds. The number of nitrogens with zero attached hydrogens (tertiary/aromatic N) is 1. The van der Waals surface area contributed by atoms with Crippen LogP contribution in [0.1, 0.15) is 25.2 Å². The van der Waals surface area contributed by atoms with Gasteiger partial charge in [-0.05, 0) is 39.8 Å². The summed E-state index contributed by atoms with van der Waals surface area (Å²) in [5.74, 6) is 0. The second kappa shape index (κ2) is 2.99. The molecule has 0 aliphatic carbocycles. The molecule has 11 heavy (non-hydrogen) atoms. The predicted molar refractivity (Wildman–Crippen MR) is 48.4 cm³/mol. The summed E-state index contributed by atoms with van der Waals surface area (Å²) in [5, 5.41) is 0. The van der Waals surface area contributed by atoms with E-state index in [-0.39, 0.29) is 0 Å². The van der Waals surface area contributed by atoms with Crippen LogP contribution in [0.3, 0.4) is 0 Å². The molecule has 0 aliphatic heterocycles. The van der Waals surface area contributed by atoms with Crippen molar-refractivity contribution in [2.24, 2.45) is 0 Å². The van der Waals surface area contributed by atoms with E-state index in [2.05, 4.69) is 49.9 Å². The van der Waals surface area contributed by atoms with E-state index in [0.29, 0.717) is 6.04 Å². The average molecular weight is 152 g/mol. The van der Waals surface area contributed by atoms with Crippen LogP contribution in [0.2, 0.25) is 0 Å². The van der Waals surface area contributed by atoms with E-state index in [4.69, 9.17) is 0 Å². The number of rotatable bonds is 2. The van der Waals surface area contributed by atoms with Gasteiger partial charge in [0.2, 0.25) is 0 Å². The van der Waals surface area contributed by atoms with Crippen LogP contribution in [0, 0.1) is 13.8 Å². The zero-order chi connectivity index (χ0) is 8.43. The Morgan fingerprint density at radius 3 is 2.00 bits per heavy atom. The normalized spacial score (nSPS) is 10.6. The van der Waals surface area contributed by atoms with Crippen molar-refractivity contribution in [3.63, 3.8) is 0 Å². The van der Waals surface area contributed by atoms with Crippen LogP contribution in [0.5, 0.6) is 0 Å². The van der Waals surface area contributed by atoms with Gasteiger partial charge in [0.25, 0.3) is 0 Å². The minimum atomic E-state index is 0.486. The summed E-state index contributed by atoms with van der Waals surface area (Å²) in [6, 6.07) is 4.72. The first-order chi connectivity index (χ1) is 5.11. The minimum absolute atomic E-state index is 0.486. The van der Waals surface area contributed by atoms with Gasteiger partial charge in [-0.2, -0.15) is 0 Å². The Kier molecular flexibility index (Phi) is 2.22. The van der Waals surface area contributed by atoms with E-state index < -0.39 is 0 Å². The number of hydrogen-bond acceptors (Lipinski definition) is 1. The molecule has 0 spiro atoms. The van der Waals surface area contributed by atoms with Gasteiger partial charge in [0.05, 0.1) is 0 Å². The van der Waals surface area contributed by atoms with Gasteiger partial charge in [-0.15, -0.1) is 0 Å². The van der Waals surface area contributed by atoms with Gasteiger partial charge < -0.3 is 5.43 Å². The Morgan fingerprint density at radius 1 is 1.18 bits per heavy atom. The molecule has 2 nitrogen and oxygen atoms in total. The molecule has 1 N–H and O–H groups in total. The van der Waals surface area contributed by atoms with E-state index in [0.717, 1.165) is 0 Å². The van der Waals surface area contributed by atoms with Crippen LogP contribution >= 0.6 is 0 Å². The molecule has 0 bridgehead atoms. The molecule has 0 atom stereocenters. The van der Waals surface area contributed by atoms with Gasteiger partial charge in [-0.3, -0.25) is 4.68 Å². The lowest BCUT2D eigenvalue weighted by molar-refractivity contribution is 0.709. The largest absolute Gasteiger partial charge is 0.323 e. The Bertz CT molecular complexity index is 216. The highest BCUT2D eigenvalue weighted by Gasteiger charge is 2.00. The van der Waals surface area contributed by atoms with Crippen molar-refractivity contribution < 1.29 is 0 Å². The fourth-order valence-electron chi connectivity index (χ4n) is 1.13. The first kappa shape index (κ1) is 8.18. The molecule has 0 saturated carbocycles. The summed E-state index contributed by atoms with van der Waals surface area (Å²) >= 11 is 0. The summed E-state index contributed by atoms with van der Waals surface area (Å²) in [7, 11) is 0. The van der Waals surface area contributed by atoms with Gasteiger partial charge >= 0.3 is 0 Å². The fourth-order valence-corrected chi connectivity index (χ4v) is 1.13. The van der Waals surface area contributed by atoms with Gasteiger partial charge in [-0.25, -0.2) is 0 Å². The predicted octanol–water partition coefficient (Wildman–Crippen LogP) is 2.06. The second-order valence-electron chi connectivity index (χ2n) is 3.24. The summed E-state index contributed by atoms with van der Waals surface area (Å²) in [4.78, 5) is 0. The molecule has 1 heterocycles. The van der Waals surface area contributed by atoms with Crippen molar-refractivity contribution in [3.8, 4) is 0 Å². The molecule has 0 fully saturated rings. The van der Waals surface area contributed by atoms with Crippen molar-refractivity contribution in [1.82, 2.24) is 4.68 Å². The van der Waals surface area contributed by atoms with Crippen LogP contribution < -0.4 is 5.43 Å². The molecule has 1 aromatic rings. The number of hydrogen-bond donors (Lipinski definition) is 1. The first-order valence-corrected chi connectivity index (χ1v) is 4.02. The van der Waals surface area contributed by atoms with Gasteiger partial charge in [0, 0.05) is 17.4 Å². The quantitative estimate of drug-likeness (QED) is 0.686. The summed E-state index contributed by atoms with van der Waals surface area (Å²) in [5.41, 5.74) is 5.86. The standard InChI is InChI=1S/C9H16N2/c1-7(2)10-11-8(3)5-6-9(11)4/h5-7,10H,1-4H3. The molecular formula is C9H16N2. The number of nitrogens with one attached hydrogen (secondary N) is 1. The lowest BCUT2D eigenvalue weighted by Gasteiger charge is -2.15. The van der Waals surface area contributed by atoms with Crippen molar-refractivity contribution in [2.45, 2.75) is 33.7 Å². The number of aryl methyl sites for hydroxylation is 2. The van der Waals surface area contributed by atoms with Gasteiger partial charge in [-0.1, -0.05) is 0 Å². The lowest BCUT2D eigenvalue weighted by Crippen LogP contribution is -2.23. The highest BCUT2D eigenvalue weighted by atomic mass is 15.4. The van der Waals surface area contributed by atoms with Crippen LogP contribution in [0.15, 0.2) is 12.1 Å². The molecule has 0 aliphatic rings. The molecule has 0 unspecified atom stereocenters. The summed E-state index contributed by atoms with van der Waals surface area (Å²) < 4.78 is 2.12. The molecular weight excluding hydrogens is 136 g/mol. The molecule has 2 heteroatoms. The van der Waals surface area contributed by atoms with Crippen LogP contribution in [-0.4, -0.2) is 10.7 Å². The Morgan fingerprint density at radius 2 is 1.64 bits per heavy atom. The third kappa shape index (κ3) is 1.76. The van der Waals surface area contributed by atoms with E-state index >= 15 is 0 Å². The topological polar surface area (TPSA) is 17.0 Å². The van der Waals surface area contributed by atoms with E-state index in [1.165, 1.54) is 11.4 Å². The summed E-state index contributed by atoms with van der Waals surface area (Å²) in [6.45, 7) is 8.47. The maximum atomic E-state index is 3.34. The van der Waals surface area contributed by atoms with Gasteiger partial charge in [0.15, 0.2) is 0 Å². The summed E-state index contributed by atoms with van der Waals surface area (Å²) in [6.07, 6.45) is 0.